The van der Waals surface area contributed by atoms with Crippen LogP contribution in [0, 0.1) is 0 Å². The Kier molecular flexibility index (Phi) is 8.34. The Balaban J connectivity index is 1.80. The van der Waals surface area contributed by atoms with E-state index >= 15 is 0 Å². The average molecular weight is 530 g/mol. The Labute approximate surface area is 224 Å². The third-order valence-electron chi connectivity index (χ3n) is 5.73. The summed E-state index contributed by atoms with van der Waals surface area (Å²) in [5.41, 5.74) is 13.1. The second-order valence-electron chi connectivity index (χ2n) is 8.26. The van der Waals surface area contributed by atoms with E-state index in [1.165, 1.54) is 4.90 Å². The second-order valence-corrected chi connectivity index (χ2v) is 9.03. The molecule has 194 valence electrons. The van der Waals surface area contributed by atoms with Crippen molar-refractivity contribution in [3.05, 3.63) is 107 Å². The summed E-state index contributed by atoms with van der Waals surface area (Å²) in [6.45, 7) is 2.63. The number of carbonyl (C=O) groups excluding carboxylic acids is 3. The van der Waals surface area contributed by atoms with Crippen LogP contribution in [0.2, 0.25) is 0 Å². The highest BCUT2D eigenvalue weighted by molar-refractivity contribution is 7.09. The van der Waals surface area contributed by atoms with Crippen LogP contribution in [0.4, 0.5) is 11.4 Å². The number of nitrogens with one attached hydrogen (secondary N) is 1. The van der Waals surface area contributed by atoms with E-state index in [-0.39, 0.29) is 22.8 Å². The average Bonchev–Trinajstić information content (AvgIpc) is 3.33. The number of carbonyl (C=O) groups is 3. The van der Waals surface area contributed by atoms with E-state index in [0.29, 0.717) is 23.6 Å². The molecule has 0 saturated heterocycles. The van der Waals surface area contributed by atoms with Crippen molar-refractivity contribution in [2.75, 3.05) is 17.2 Å². The predicted octanol–water partition coefficient (Wildman–Crippen LogP) is 3.93. The van der Waals surface area contributed by atoms with Crippen molar-refractivity contribution in [2.45, 2.75) is 19.5 Å². The van der Waals surface area contributed by atoms with Crippen LogP contribution in [-0.2, 0) is 11.3 Å². The van der Waals surface area contributed by atoms with Gasteiger partial charge in [0.2, 0.25) is 5.91 Å². The molecule has 3 amide bonds. The Hall–Kier alpha value is -4.70. The van der Waals surface area contributed by atoms with Gasteiger partial charge in [-0.25, -0.2) is 0 Å². The van der Waals surface area contributed by atoms with Crippen molar-refractivity contribution < 1.29 is 19.1 Å². The molecule has 0 fully saturated rings. The molecule has 10 heteroatoms. The van der Waals surface area contributed by atoms with E-state index in [4.69, 9.17) is 16.2 Å². The lowest BCUT2D eigenvalue weighted by Crippen LogP contribution is -2.44. The van der Waals surface area contributed by atoms with Gasteiger partial charge < -0.3 is 21.5 Å². The van der Waals surface area contributed by atoms with Crippen molar-refractivity contribution in [2.24, 2.45) is 5.73 Å². The predicted molar refractivity (Wildman–Crippen MR) is 147 cm³/mol. The van der Waals surface area contributed by atoms with Crippen LogP contribution in [0.25, 0.3) is 0 Å². The van der Waals surface area contributed by atoms with E-state index in [9.17, 15) is 14.4 Å². The molecule has 5 N–H and O–H groups in total. The van der Waals surface area contributed by atoms with E-state index in [2.05, 4.69) is 9.69 Å². The fourth-order valence-corrected chi connectivity index (χ4v) is 4.67. The summed E-state index contributed by atoms with van der Waals surface area (Å²) in [6.07, 6.45) is 0. The van der Waals surface area contributed by atoms with Crippen LogP contribution in [0.5, 0.6) is 5.75 Å². The molecule has 1 heterocycles. The smallest absolute Gasteiger partial charge is 0.273 e. The number of hydrogen-bond donors (Lipinski definition) is 3. The van der Waals surface area contributed by atoms with Crippen LogP contribution in [-0.4, -0.2) is 28.7 Å². The number of nitrogens with zero attached hydrogens (tertiary/aromatic N) is 2. The lowest BCUT2D eigenvalue weighted by atomic mass is 10.0. The van der Waals surface area contributed by atoms with Crippen molar-refractivity contribution in [3.8, 4) is 5.75 Å². The van der Waals surface area contributed by atoms with Gasteiger partial charge in [0.05, 0.1) is 12.3 Å². The summed E-state index contributed by atoms with van der Waals surface area (Å²) < 4.78 is 9.54. The van der Waals surface area contributed by atoms with E-state index < -0.39 is 23.8 Å². The fraction of sp³-hybridized carbons (Fsp3) is 0.143. The summed E-state index contributed by atoms with van der Waals surface area (Å²) >= 11 is 0.760. The monoisotopic (exact) mass is 529 g/mol. The van der Waals surface area contributed by atoms with Gasteiger partial charge in [-0.3, -0.25) is 19.3 Å². The van der Waals surface area contributed by atoms with Crippen LogP contribution in [0.1, 0.15) is 44.3 Å². The number of amides is 3. The Morgan fingerprint density at radius 2 is 1.61 bits per heavy atom. The van der Waals surface area contributed by atoms with Crippen LogP contribution >= 0.6 is 11.5 Å². The molecule has 1 unspecified atom stereocenters. The van der Waals surface area contributed by atoms with Crippen molar-refractivity contribution in [1.82, 2.24) is 9.69 Å². The lowest BCUT2D eigenvalue weighted by molar-refractivity contribution is -0.122. The van der Waals surface area contributed by atoms with E-state index in [1.54, 1.807) is 54.6 Å². The van der Waals surface area contributed by atoms with Gasteiger partial charge in [-0.05, 0) is 53.8 Å². The van der Waals surface area contributed by atoms with Crippen LogP contribution in [0.15, 0.2) is 84.9 Å². The van der Waals surface area contributed by atoms with Gasteiger partial charge in [0.1, 0.15) is 16.7 Å². The molecule has 1 aromatic heterocycles. The molecule has 0 spiro atoms. The van der Waals surface area contributed by atoms with Crippen molar-refractivity contribution in [1.29, 1.82) is 0 Å². The zero-order chi connectivity index (χ0) is 27.1. The highest BCUT2D eigenvalue weighted by atomic mass is 32.1. The molecule has 0 aliphatic heterocycles. The molecule has 0 saturated carbocycles. The number of rotatable bonds is 10. The van der Waals surface area contributed by atoms with Gasteiger partial charge in [0, 0.05) is 12.2 Å². The largest absolute Gasteiger partial charge is 0.494 e. The highest BCUT2D eigenvalue weighted by Gasteiger charge is 2.36. The normalized spacial score (nSPS) is 11.4. The third-order valence-corrected chi connectivity index (χ3v) is 6.58. The minimum Gasteiger partial charge on any atom is -0.494 e. The summed E-state index contributed by atoms with van der Waals surface area (Å²) in [6, 6.07) is 24.1. The molecule has 4 rings (SSSR count). The lowest BCUT2D eigenvalue weighted by Gasteiger charge is -2.31. The molecule has 3 aromatic carbocycles. The molecule has 1 atom stereocenters. The first-order valence-corrected chi connectivity index (χ1v) is 12.7. The number of aromatic nitrogens is 1. The fourth-order valence-electron chi connectivity index (χ4n) is 3.92. The van der Waals surface area contributed by atoms with Gasteiger partial charge in [-0.15, -0.1) is 0 Å². The van der Waals surface area contributed by atoms with Gasteiger partial charge in [-0.2, -0.15) is 4.37 Å². The molecule has 9 nitrogen and oxygen atoms in total. The van der Waals surface area contributed by atoms with Gasteiger partial charge >= 0.3 is 0 Å². The van der Waals surface area contributed by atoms with Gasteiger partial charge in [0.15, 0.2) is 5.69 Å². The SMILES string of the molecule is CCOc1ccc(C(C(=O)NCc2ccccc2)N(C(=O)c2snc(C(N)=O)c2N)c2ccccc2)cc1. The number of ether oxygens (including phenoxy) is 1. The second kappa shape index (κ2) is 12.0. The standard InChI is InChI=1S/C28H27N5O4S/c1-2-37-21-15-13-19(14-16-21)24(27(35)31-17-18-9-5-3-6-10-18)33(20-11-7-4-8-12-20)28(36)25-22(29)23(26(30)34)32-38-25/h3-16,24H,2,17,29H2,1H3,(H2,30,34)(H,31,35). The molecule has 0 radical (unpaired) electrons. The Morgan fingerprint density at radius 3 is 2.18 bits per heavy atom. The summed E-state index contributed by atoms with van der Waals surface area (Å²) in [5.74, 6) is -1.20. The number of anilines is 2. The summed E-state index contributed by atoms with van der Waals surface area (Å²) in [5, 5.41) is 2.95. The number of nitrogens with two attached hydrogens (primary N) is 2. The summed E-state index contributed by atoms with van der Waals surface area (Å²) in [7, 11) is 0. The highest BCUT2D eigenvalue weighted by Crippen LogP contribution is 2.33. The number of benzene rings is 3. The molecule has 0 aliphatic rings. The maximum atomic E-state index is 14.0. The van der Waals surface area contributed by atoms with E-state index in [0.717, 1.165) is 17.1 Å². The molecule has 0 bridgehead atoms. The molecule has 4 aromatic rings. The number of para-hydroxylation sites is 1. The topological polar surface area (TPSA) is 141 Å². The molecule has 0 aliphatic carbocycles. The minimum atomic E-state index is -1.08. The number of primary amides is 1. The molecular weight excluding hydrogens is 502 g/mol. The third kappa shape index (κ3) is 5.81. The summed E-state index contributed by atoms with van der Waals surface area (Å²) in [4.78, 5) is 41.0. The minimum absolute atomic E-state index is 0.00875. The number of nitrogen functional groups attached to an aromatic ring is 1. The zero-order valence-electron chi connectivity index (χ0n) is 20.7. The Bertz CT molecular complexity index is 1410. The molecule has 38 heavy (non-hydrogen) atoms. The Morgan fingerprint density at radius 1 is 0.974 bits per heavy atom. The van der Waals surface area contributed by atoms with Gasteiger partial charge in [-0.1, -0.05) is 60.7 Å². The quantitative estimate of drug-likeness (QED) is 0.284. The van der Waals surface area contributed by atoms with Crippen LogP contribution < -0.4 is 26.4 Å². The van der Waals surface area contributed by atoms with Gasteiger partial charge in [0.25, 0.3) is 11.8 Å². The van der Waals surface area contributed by atoms with Crippen LogP contribution in [0.3, 0.4) is 0 Å². The first-order valence-electron chi connectivity index (χ1n) is 11.9. The first kappa shape index (κ1) is 26.4. The number of hydrogen-bond acceptors (Lipinski definition) is 7. The van der Waals surface area contributed by atoms with Crippen molar-refractivity contribution >= 4 is 40.6 Å². The maximum Gasteiger partial charge on any atom is 0.273 e. The molecular formula is C28H27N5O4S. The first-order chi connectivity index (χ1) is 18.4. The van der Waals surface area contributed by atoms with Crippen molar-refractivity contribution in [3.63, 3.8) is 0 Å². The van der Waals surface area contributed by atoms with E-state index in [1.807, 2.05) is 37.3 Å². The maximum absolute atomic E-state index is 14.0. The zero-order valence-corrected chi connectivity index (χ0v) is 21.5.